The zero-order valence-corrected chi connectivity index (χ0v) is 12.0. The van der Waals surface area contributed by atoms with Gasteiger partial charge in [-0.15, -0.1) is 0 Å². The van der Waals surface area contributed by atoms with E-state index in [4.69, 9.17) is 10.5 Å². The highest BCUT2D eigenvalue weighted by Gasteiger charge is 2.23. The number of nitrogens with zero attached hydrogens (tertiary/aromatic N) is 1. The van der Waals surface area contributed by atoms with Crippen LogP contribution in [0.3, 0.4) is 0 Å². The summed E-state index contributed by atoms with van der Waals surface area (Å²) in [5, 5.41) is 0. The van der Waals surface area contributed by atoms with Crippen molar-refractivity contribution in [1.29, 1.82) is 0 Å². The van der Waals surface area contributed by atoms with Crippen LogP contribution in [-0.2, 0) is 9.53 Å². The lowest BCUT2D eigenvalue weighted by atomic mass is 10.0. The van der Waals surface area contributed by atoms with Crippen molar-refractivity contribution in [3.63, 3.8) is 0 Å². The Labute approximate surface area is 111 Å². The molecule has 1 saturated heterocycles. The molecule has 0 bridgehead atoms. The van der Waals surface area contributed by atoms with E-state index in [2.05, 4.69) is 11.9 Å². The maximum atomic E-state index is 11.9. The molecule has 0 spiro atoms. The lowest BCUT2D eigenvalue weighted by Crippen LogP contribution is -2.36. The van der Waals surface area contributed by atoms with Gasteiger partial charge in [-0.25, -0.2) is 0 Å². The fourth-order valence-electron chi connectivity index (χ4n) is 2.25. The van der Waals surface area contributed by atoms with Gasteiger partial charge < -0.3 is 15.4 Å². The van der Waals surface area contributed by atoms with Gasteiger partial charge in [0.15, 0.2) is 0 Å². The van der Waals surface area contributed by atoms with E-state index in [1.165, 1.54) is 0 Å². The van der Waals surface area contributed by atoms with Gasteiger partial charge in [-0.3, -0.25) is 4.79 Å². The van der Waals surface area contributed by atoms with Crippen molar-refractivity contribution in [2.45, 2.75) is 58.1 Å². The number of hydrogen-bond donors (Lipinski definition) is 1. The fraction of sp³-hybridized carbons (Fsp3) is 0.929. The van der Waals surface area contributed by atoms with Gasteiger partial charge in [-0.1, -0.05) is 13.3 Å². The molecule has 1 rings (SSSR count). The van der Waals surface area contributed by atoms with Gasteiger partial charge in [0.1, 0.15) is 6.10 Å². The number of carbonyl (C=O) groups excluding carboxylic acids is 1. The third-order valence-electron chi connectivity index (χ3n) is 3.65. The average Bonchev–Trinajstić information content (AvgIpc) is 2.31. The van der Waals surface area contributed by atoms with Gasteiger partial charge in [-0.2, -0.15) is 0 Å². The molecule has 0 aromatic rings. The van der Waals surface area contributed by atoms with Crippen LogP contribution in [0.2, 0.25) is 0 Å². The molecule has 0 aromatic carbocycles. The van der Waals surface area contributed by atoms with Crippen LogP contribution in [0.15, 0.2) is 0 Å². The number of piperidine rings is 1. The minimum absolute atomic E-state index is 0.00315. The lowest BCUT2D eigenvalue weighted by Gasteiger charge is -2.29. The topological polar surface area (TPSA) is 55.6 Å². The number of nitrogens with two attached hydrogens (primary N) is 1. The average molecular weight is 256 g/mol. The summed E-state index contributed by atoms with van der Waals surface area (Å²) in [6.07, 6.45) is 4.92. The standard InChI is InChI=1S/C14H28N2O2/c1-11(5-4-6-12(2)15)14(17)18-13-7-9-16(3)10-8-13/h11-13H,4-10,15H2,1-3H3. The molecule has 106 valence electrons. The Hall–Kier alpha value is -0.610. The maximum Gasteiger partial charge on any atom is 0.308 e. The van der Waals surface area contributed by atoms with Crippen molar-refractivity contribution in [2.24, 2.45) is 11.7 Å². The molecule has 2 atom stereocenters. The zero-order chi connectivity index (χ0) is 13.5. The van der Waals surface area contributed by atoms with Crippen LogP contribution in [0.4, 0.5) is 0 Å². The number of rotatable bonds is 6. The Morgan fingerprint density at radius 2 is 1.94 bits per heavy atom. The molecule has 1 aliphatic rings. The van der Waals surface area contributed by atoms with Crippen LogP contribution < -0.4 is 5.73 Å². The van der Waals surface area contributed by atoms with Gasteiger partial charge in [0.25, 0.3) is 0 Å². The Morgan fingerprint density at radius 1 is 1.33 bits per heavy atom. The first kappa shape index (κ1) is 15.4. The van der Waals surface area contributed by atoms with Crippen LogP contribution in [0.25, 0.3) is 0 Å². The van der Waals surface area contributed by atoms with Gasteiger partial charge in [0.05, 0.1) is 5.92 Å². The molecule has 1 heterocycles. The largest absolute Gasteiger partial charge is 0.462 e. The van der Waals surface area contributed by atoms with E-state index in [0.717, 1.165) is 45.2 Å². The van der Waals surface area contributed by atoms with Crippen molar-refractivity contribution in [1.82, 2.24) is 4.90 Å². The van der Waals surface area contributed by atoms with Gasteiger partial charge in [-0.05, 0) is 39.7 Å². The molecule has 1 aliphatic heterocycles. The predicted octanol–water partition coefficient (Wildman–Crippen LogP) is 1.78. The lowest BCUT2D eigenvalue weighted by molar-refractivity contribution is -0.155. The number of esters is 1. The number of likely N-dealkylation sites (tertiary alicyclic amines) is 1. The van der Waals surface area contributed by atoms with E-state index in [1.54, 1.807) is 0 Å². The second-order valence-electron chi connectivity index (χ2n) is 5.75. The van der Waals surface area contributed by atoms with Crippen LogP contribution in [-0.4, -0.2) is 43.2 Å². The molecule has 18 heavy (non-hydrogen) atoms. The van der Waals surface area contributed by atoms with E-state index in [1.807, 2.05) is 13.8 Å². The zero-order valence-electron chi connectivity index (χ0n) is 12.0. The summed E-state index contributed by atoms with van der Waals surface area (Å²) in [4.78, 5) is 14.2. The second-order valence-corrected chi connectivity index (χ2v) is 5.75. The van der Waals surface area contributed by atoms with Crippen LogP contribution in [0.1, 0.15) is 46.0 Å². The van der Waals surface area contributed by atoms with Crippen molar-refractivity contribution in [3.8, 4) is 0 Å². The van der Waals surface area contributed by atoms with Crippen LogP contribution in [0, 0.1) is 5.92 Å². The molecular weight excluding hydrogens is 228 g/mol. The summed E-state index contributed by atoms with van der Waals surface area (Å²) >= 11 is 0. The summed E-state index contributed by atoms with van der Waals surface area (Å²) in [6, 6.07) is 0.224. The molecule has 0 aliphatic carbocycles. The van der Waals surface area contributed by atoms with Gasteiger partial charge in [0.2, 0.25) is 0 Å². The molecule has 4 heteroatoms. The van der Waals surface area contributed by atoms with E-state index >= 15 is 0 Å². The van der Waals surface area contributed by atoms with Gasteiger partial charge >= 0.3 is 5.97 Å². The third kappa shape index (κ3) is 5.83. The highest BCUT2D eigenvalue weighted by atomic mass is 16.5. The third-order valence-corrected chi connectivity index (χ3v) is 3.65. The second kappa shape index (κ2) is 7.74. The Bertz CT molecular complexity index is 248. The fourth-order valence-corrected chi connectivity index (χ4v) is 2.25. The van der Waals surface area contributed by atoms with E-state index < -0.39 is 0 Å². The summed E-state index contributed by atoms with van der Waals surface area (Å²) in [5.41, 5.74) is 5.70. The molecule has 1 fully saturated rings. The molecular formula is C14H28N2O2. The summed E-state index contributed by atoms with van der Waals surface area (Å²) in [6.45, 7) is 6.01. The van der Waals surface area contributed by atoms with Crippen LogP contribution in [0.5, 0.6) is 0 Å². The number of ether oxygens (including phenoxy) is 1. The molecule has 4 nitrogen and oxygen atoms in total. The summed E-state index contributed by atoms with van der Waals surface area (Å²) in [7, 11) is 2.11. The highest BCUT2D eigenvalue weighted by molar-refractivity contribution is 5.72. The first-order chi connectivity index (χ1) is 8.49. The van der Waals surface area contributed by atoms with Crippen molar-refractivity contribution in [2.75, 3.05) is 20.1 Å². The first-order valence-corrected chi connectivity index (χ1v) is 7.13. The van der Waals surface area contributed by atoms with Crippen LogP contribution >= 0.6 is 0 Å². The minimum Gasteiger partial charge on any atom is -0.462 e. The monoisotopic (exact) mass is 256 g/mol. The SMILES string of the molecule is CC(N)CCCC(C)C(=O)OC1CCN(C)CC1. The Balaban J connectivity index is 2.18. The molecule has 0 saturated carbocycles. The van der Waals surface area contributed by atoms with Crippen molar-refractivity contribution < 1.29 is 9.53 Å². The molecule has 2 unspecified atom stereocenters. The molecule has 0 aromatic heterocycles. The van der Waals surface area contributed by atoms with Gasteiger partial charge in [0, 0.05) is 19.1 Å². The molecule has 0 radical (unpaired) electrons. The number of carbonyl (C=O) groups is 1. The maximum absolute atomic E-state index is 11.9. The predicted molar refractivity (Wildman–Crippen MR) is 73.3 cm³/mol. The highest BCUT2D eigenvalue weighted by Crippen LogP contribution is 2.17. The van der Waals surface area contributed by atoms with E-state index in [-0.39, 0.29) is 24.0 Å². The normalized spacial score (nSPS) is 21.6. The minimum atomic E-state index is -0.0331. The Morgan fingerprint density at radius 3 is 2.50 bits per heavy atom. The smallest absolute Gasteiger partial charge is 0.308 e. The van der Waals surface area contributed by atoms with E-state index in [9.17, 15) is 4.79 Å². The molecule has 2 N–H and O–H groups in total. The summed E-state index contributed by atoms with van der Waals surface area (Å²) in [5.74, 6) is -0.0300. The van der Waals surface area contributed by atoms with E-state index in [0.29, 0.717) is 0 Å². The van der Waals surface area contributed by atoms with Crippen molar-refractivity contribution >= 4 is 5.97 Å². The number of hydrogen-bond acceptors (Lipinski definition) is 4. The quantitative estimate of drug-likeness (QED) is 0.736. The van der Waals surface area contributed by atoms with Crippen molar-refractivity contribution in [3.05, 3.63) is 0 Å². The first-order valence-electron chi connectivity index (χ1n) is 7.13. The molecule has 0 amide bonds. The Kier molecular flexibility index (Phi) is 6.65. The summed E-state index contributed by atoms with van der Waals surface area (Å²) < 4.78 is 5.56.